The molecule has 0 spiro atoms. The van der Waals surface area contributed by atoms with Crippen molar-refractivity contribution < 1.29 is 8.81 Å². The van der Waals surface area contributed by atoms with Crippen LogP contribution in [-0.2, 0) is 0 Å². The van der Waals surface area contributed by atoms with Crippen LogP contribution in [0.1, 0.15) is 0 Å². The molecule has 0 saturated heterocycles. The molecule has 1 heterocycles. The fourth-order valence-corrected chi connectivity index (χ4v) is 1.10. The van der Waals surface area contributed by atoms with Crippen molar-refractivity contribution in [1.82, 2.24) is 10.2 Å². The SMILES string of the molecule is Nc1nnc(Nc2ccc(Cl)c(F)c2)o1. The molecule has 1 aromatic carbocycles. The van der Waals surface area contributed by atoms with Gasteiger partial charge in [-0.25, -0.2) is 4.39 Å². The number of nitrogen functional groups attached to an aromatic ring is 1. The molecule has 0 aliphatic rings. The van der Waals surface area contributed by atoms with E-state index in [1.54, 1.807) is 6.07 Å². The van der Waals surface area contributed by atoms with Gasteiger partial charge in [0.1, 0.15) is 5.82 Å². The third-order valence-corrected chi connectivity index (χ3v) is 1.92. The number of nitrogens with zero attached hydrogens (tertiary/aromatic N) is 2. The topological polar surface area (TPSA) is 77.0 Å². The lowest BCUT2D eigenvalue weighted by Crippen LogP contribution is -1.91. The molecular formula is C8H6ClFN4O. The molecule has 3 N–H and O–H groups in total. The summed E-state index contributed by atoms with van der Waals surface area (Å²) < 4.78 is 17.9. The average molecular weight is 229 g/mol. The second-order valence-corrected chi connectivity index (χ2v) is 3.11. The number of anilines is 3. The van der Waals surface area contributed by atoms with Crippen LogP contribution in [0.2, 0.25) is 5.02 Å². The largest absolute Gasteiger partial charge is 0.389 e. The summed E-state index contributed by atoms with van der Waals surface area (Å²) in [5.74, 6) is -0.533. The minimum absolute atomic E-state index is 0.0468. The Kier molecular flexibility index (Phi) is 2.42. The van der Waals surface area contributed by atoms with Crippen molar-refractivity contribution in [2.75, 3.05) is 11.1 Å². The van der Waals surface area contributed by atoms with Crippen molar-refractivity contribution in [1.29, 1.82) is 0 Å². The van der Waals surface area contributed by atoms with Crippen LogP contribution < -0.4 is 11.1 Å². The van der Waals surface area contributed by atoms with Crippen molar-refractivity contribution in [3.63, 3.8) is 0 Å². The van der Waals surface area contributed by atoms with E-state index in [4.69, 9.17) is 21.8 Å². The summed E-state index contributed by atoms with van der Waals surface area (Å²) in [5, 5.41) is 9.71. The number of halogens is 2. The molecular weight excluding hydrogens is 223 g/mol. The quantitative estimate of drug-likeness (QED) is 0.824. The normalized spacial score (nSPS) is 10.3. The molecule has 2 aromatic rings. The minimum atomic E-state index is -0.533. The molecule has 0 radical (unpaired) electrons. The first-order valence-corrected chi connectivity index (χ1v) is 4.34. The lowest BCUT2D eigenvalue weighted by atomic mass is 10.3. The number of hydrogen-bond donors (Lipinski definition) is 2. The standard InChI is InChI=1S/C8H6ClFN4O/c9-5-2-1-4(3-6(5)10)12-8-14-13-7(11)15-8/h1-3H,(H2,11,13)(H,12,14). The Morgan fingerprint density at radius 3 is 2.80 bits per heavy atom. The van der Waals surface area contributed by atoms with E-state index in [9.17, 15) is 4.39 Å². The number of hydrogen-bond acceptors (Lipinski definition) is 5. The van der Waals surface area contributed by atoms with Crippen LogP contribution in [-0.4, -0.2) is 10.2 Å². The maximum atomic E-state index is 13.0. The monoisotopic (exact) mass is 228 g/mol. The average Bonchev–Trinajstić information content (AvgIpc) is 2.58. The van der Waals surface area contributed by atoms with E-state index in [2.05, 4.69) is 15.5 Å². The molecule has 0 saturated carbocycles. The number of nitrogens with one attached hydrogen (secondary N) is 1. The first kappa shape index (κ1) is 9.72. The Morgan fingerprint density at radius 2 is 2.20 bits per heavy atom. The Labute approximate surface area is 89.0 Å². The first-order chi connectivity index (χ1) is 7.15. The predicted molar refractivity (Wildman–Crippen MR) is 53.4 cm³/mol. The molecule has 0 aliphatic carbocycles. The van der Waals surface area contributed by atoms with Gasteiger partial charge in [0.05, 0.1) is 5.02 Å². The highest BCUT2D eigenvalue weighted by Gasteiger charge is 2.05. The highest BCUT2D eigenvalue weighted by Crippen LogP contribution is 2.21. The lowest BCUT2D eigenvalue weighted by molar-refractivity contribution is 0.593. The summed E-state index contributed by atoms with van der Waals surface area (Å²) >= 11 is 5.51. The summed E-state index contributed by atoms with van der Waals surface area (Å²) in [6.45, 7) is 0. The van der Waals surface area contributed by atoms with E-state index < -0.39 is 5.82 Å². The second kappa shape index (κ2) is 3.74. The van der Waals surface area contributed by atoms with Gasteiger partial charge in [0, 0.05) is 5.69 Å². The molecule has 1 aromatic heterocycles. The third-order valence-electron chi connectivity index (χ3n) is 1.61. The van der Waals surface area contributed by atoms with Gasteiger partial charge >= 0.3 is 12.0 Å². The maximum Gasteiger partial charge on any atom is 0.321 e. The first-order valence-electron chi connectivity index (χ1n) is 3.96. The molecule has 0 unspecified atom stereocenters. The summed E-state index contributed by atoms with van der Waals surface area (Å²) in [4.78, 5) is 0. The van der Waals surface area contributed by atoms with Crippen molar-refractivity contribution >= 4 is 29.3 Å². The molecule has 15 heavy (non-hydrogen) atoms. The maximum absolute atomic E-state index is 13.0. The van der Waals surface area contributed by atoms with Gasteiger partial charge in [0.25, 0.3) is 0 Å². The molecule has 78 valence electrons. The molecule has 0 atom stereocenters. The minimum Gasteiger partial charge on any atom is -0.389 e. The van der Waals surface area contributed by atoms with Gasteiger partial charge in [0.2, 0.25) is 0 Å². The second-order valence-electron chi connectivity index (χ2n) is 2.70. The molecule has 2 rings (SSSR count). The van der Waals surface area contributed by atoms with Gasteiger partial charge in [-0.05, 0) is 18.2 Å². The molecule has 0 bridgehead atoms. The fourth-order valence-electron chi connectivity index (χ4n) is 0.982. The molecule has 0 amide bonds. The highest BCUT2D eigenvalue weighted by molar-refractivity contribution is 6.30. The van der Waals surface area contributed by atoms with Crippen molar-refractivity contribution in [3.8, 4) is 0 Å². The van der Waals surface area contributed by atoms with Crippen LogP contribution in [0.15, 0.2) is 22.6 Å². The van der Waals surface area contributed by atoms with Gasteiger partial charge in [-0.15, -0.1) is 0 Å². The Bertz CT molecular complexity index is 487. The zero-order valence-electron chi connectivity index (χ0n) is 7.37. The highest BCUT2D eigenvalue weighted by atomic mass is 35.5. The summed E-state index contributed by atoms with van der Waals surface area (Å²) in [5.41, 5.74) is 5.66. The van der Waals surface area contributed by atoms with Gasteiger partial charge in [-0.2, -0.15) is 0 Å². The van der Waals surface area contributed by atoms with Crippen LogP contribution in [0.5, 0.6) is 0 Å². The smallest absolute Gasteiger partial charge is 0.321 e. The summed E-state index contributed by atoms with van der Waals surface area (Å²) in [6, 6.07) is 4.23. The van der Waals surface area contributed by atoms with Crippen molar-refractivity contribution in [3.05, 3.63) is 29.0 Å². The number of aromatic nitrogens is 2. The van der Waals surface area contributed by atoms with Crippen LogP contribution >= 0.6 is 11.6 Å². The van der Waals surface area contributed by atoms with Gasteiger partial charge in [0.15, 0.2) is 0 Å². The third kappa shape index (κ3) is 2.16. The van der Waals surface area contributed by atoms with Crippen LogP contribution in [0.25, 0.3) is 0 Å². The lowest BCUT2D eigenvalue weighted by Gasteiger charge is -2.01. The van der Waals surface area contributed by atoms with Gasteiger partial charge in [-0.1, -0.05) is 21.8 Å². The number of nitrogens with two attached hydrogens (primary N) is 1. The van der Waals surface area contributed by atoms with E-state index in [0.29, 0.717) is 5.69 Å². The Hall–Kier alpha value is -1.82. The van der Waals surface area contributed by atoms with Crippen LogP contribution in [0, 0.1) is 5.82 Å². The Morgan fingerprint density at radius 1 is 1.40 bits per heavy atom. The van der Waals surface area contributed by atoms with Crippen LogP contribution in [0.4, 0.5) is 22.1 Å². The summed E-state index contributed by atoms with van der Waals surface area (Å²) in [7, 11) is 0. The number of rotatable bonds is 2. The number of benzene rings is 1. The van der Waals surface area contributed by atoms with E-state index in [1.807, 2.05) is 0 Å². The van der Waals surface area contributed by atoms with Gasteiger partial charge < -0.3 is 15.5 Å². The molecule has 5 nitrogen and oxygen atoms in total. The fraction of sp³-hybridized carbons (Fsp3) is 0. The van der Waals surface area contributed by atoms with Crippen molar-refractivity contribution in [2.45, 2.75) is 0 Å². The van der Waals surface area contributed by atoms with E-state index in [1.165, 1.54) is 12.1 Å². The van der Waals surface area contributed by atoms with Crippen molar-refractivity contribution in [2.24, 2.45) is 0 Å². The van der Waals surface area contributed by atoms with Gasteiger partial charge in [-0.3, -0.25) is 0 Å². The zero-order valence-corrected chi connectivity index (χ0v) is 8.12. The molecule has 0 fully saturated rings. The predicted octanol–water partition coefficient (Wildman–Crippen LogP) is 2.19. The Balaban J connectivity index is 2.21. The van der Waals surface area contributed by atoms with E-state index in [-0.39, 0.29) is 17.1 Å². The van der Waals surface area contributed by atoms with E-state index in [0.717, 1.165) is 0 Å². The van der Waals surface area contributed by atoms with Crippen LogP contribution in [0.3, 0.4) is 0 Å². The summed E-state index contributed by atoms with van der Waals surface area (Å²) in [6.07, 6.45) is 0. The molecule has 7 heteroatoms. The van der Waals surface area contributed by atoms with E-state index >= 15 is 0 Å². The zero-order chi connectivity index (χ0) is 10.8. The molecule has 0 aliphatic heterocycles.